The lowest BCUT2D eigenvalue weighted by Crippen LogP contribution is -2.60. The quantitative estimate of drug-likeness (QED) is 0.290. The van der Waals surface area contributed by atoms with Crippen LogP contribution in [0.15, 0.2) is 24.3 Å². The zero-order chi connectivity index (χ0) is 28.4. The molecule has 3 unspecified atom stereocenters. The van der Waals surface area contributed by atoms with Gasteiger partial charge in [0.05, 0.1) is 0 Å². The maximum atomic E-state index is 14.4. The lowest BCUT2D eigenvalue weighted by atomic mass is 9.89. The Morgan fingerprint density at radius 1 is 1.03 bits per heavy atom. The maximum absolute atomic E-state index is 14.4. The summed E-state index contributed by atoms with van der Waals surface area (Å²) in [6.45, 7) is 17.4. The molecule has 0 radical (unpaired) electrons. The minimum Gasteiger partial charge on any atom is -0.508 e. The molecule has 0 spiro atoms. The van der Waals surface area contributed by atoms with Gasteiger partial charge in [0.1, 0.15) is 23.4 Å². The van der Waals surface area contributed by atoms with E-state index in [0.29, 0.717) is 24.9 Å². The lowest BCUT2D eigenvalue weighted by Gasteiger charge is -2.45. The molecule has 0 aliphatic rings. The van der Waals surface area contributed by atoms with Crippen LogP contribution in [0, 0.1) is 5.92 Å². The second kappa shape index (κ2) is 14.2. The third kappa shape index (κ3) is 9.56. The monoisotopic (exact) mass is 519 g/mol. The minimum atomic E-state index is -1.09. The predicted octanol–water partition coefficient (Wildman–Crippen LogP) is 5.70. The number of benzene rings is 1. The number of alkyl carbamates (subject to hydrolysis) is 1. The van der Waals surface area contributed by atoms with Crippen molar-refractivity contribution in [3.05, 3.63) is 29.8 Å². The van der Waals surface area contributed by atoms with Crippen molar-refractivity contribution in [2.45, 2.75) is 118 Å². The normalized spacial score (nSPS) is 14.3. The first-order valence-corrected chi connectivity index (χ1v) is 13.6. The number of ether oxygens (including phenoxy) is 1. The number of carbonyl (C=O) groups is 3. The highest BCUT2D eigenvalue weighted by Gasteiger charge is 2.44. The number of carbonyl (C=O) groups excluding carboxylic acids is 3. The number of amides is 3. The first kappa shape index (κ1) is 32.3. The van der Waals surface area contributed by atoms with Crippen molar-refractivity contribution in [2.75, 3.05) is 6.54 Å². The Labute approximate surface area is 223 Å². The number of unbranched alkanes of at least 4 members (excludes halogenated alkanes) is 2. The van der Waals surface area contributed by atoms with E-state index in [-0.39, 0.29) is 17.6 Å². The number of aromatic hydroxyl groups is 1. The van der Waals surface area contributed by atoms with Crippen LogP contribution in [0.1, 0.15) is 106 Å². The summed E-state index contributed by atoms with van der Waals surface area (Å²) in [7, 11) is 0. The summed E-state index contributed by atoms with van der Waals surface area (Å²) in [6, 6.07) is 4.58. The molecule has 0 saturated carbocycles. The van der Waals surface area contributed by atoms with Gasteiger partial charge >= 0.3 is 6.09 Å². The van der Waals surface area contributed by atoms with Gasteiger partial charge < -0.3 is 25.4 Å². The second-order valence-electron chi connectivity index (χ2n) is 11.3. The fourth-order valence-corrected chi connectivity index (χ4v) is 4.01. The first-order chi connectivity index (χ1) is 17.2. The predicted molar refractivity (Wildman–Crippen MR) is 147 cm³/mol. The molecule has 0 aliphatic carbocycles. The molecular weight excluding hydrogens is 470 g/mol. The van der Waals surface area contributed by atoms with Gasteiger partial charge in [-0.15, -0.1) is 0 Å². The van der Waals surface area contributed by atoms with Gasteiger partial charge in [-0.25, -0.2) is 4.79 Å². The average molecular weight is 520 g/mol. The van der Waals surface area contributed by atoms with Crippen molar-refractivity contribution < 1.29 is 24.2 Å². The molecule has 0 saturated heterocycles. The number of hydrogen-bond acceptors (Lipinski definition) is 5. The minimum absolute atomic E-state index is 0.0684. The molecular formula is C29H49N3O5. The van der Waals surface area contributed by atoms with Crippen LogP contribution < -0.4 is 10.6 Å². The number of para-hydroxylation sites is 1. The molecule has 0 aromatic heterocycles. The van der Waals surface area contributed by atoms with Gasteiger partial charge in [-0.1, -0.05) is 65.2 Å². The van der Waals surface area contributed by atoms with E-state index in [1.54, 1.807) is 39.0 Å². The summed E-state index contributed by atoms with van der Waals surface area (Å²) in [5, 5.41) is 16.5. The molecule has 0 heterocycles. The van der Waals surface area contributed by atoms with Crippen molar-refractivity contribution in [3.8, 4) is 5.75 Å². The number of phenolic OH excluding ortho intramolecular Hbond substituents is 1. The number of nitrogens with one attached hydrogen (secondary N) is 2. The van der Waals surface area contributed by atoms with E-state index < -0.39 is 35.2 Å². The third-order valence-corrected chi connectivity index (χ3v) is 6.72. The maximum Gasteiger partial charge on any atom is 0.408 e. The van der Waals surface area contributed by atoms with Crippen LogP contribution in [0.2, 0.25) is 0 Å². The summed E-state index contributed by atoms with van der Waals surface area (Å²) in [6.07, 6.45) is 3.28. The molecule has 0 fully saturated rings. The fraction of sp³-hybridized carbons (Fsp3) is 0.690. The zero-order valence-electron chi connectivity index (χ0n) is 24.3. The molecule has 1 aromatic carbocycles. The molecule has 210 valence electrons. The van der Waals surface area contributed by atoms with Gasteiger partial charge in [-0.3, -0.25) is 9.59 Å². The molecule has 3 N–H and O–H groups in total. The van der Waals surface area contributed by atoms with Gasteiger partial charge in [-0.2, -0.15) is 0 Å². The van der Waals surface area contributed by atoms with Crippen LogP contribution in [0.5, 0.6) is 5.75 Å². The molecule has 3 atom stereocenters. The number of hydrogen-bond donors (Lipinski definition) is 3. The summed E-state index contributed by atoms with van der Waals surface area (Å²) >= 11 is 0. The van der Waals surface area contributed by atoms with E-state index in [1.807, 2.05) is 34.6 Å². The Balaban J connectivity index is 3.61. The van der Waals surface area contributed by atoms with Crippen molar-refractivity contribution in [3.63, 3.8) is 0 Å². The van der Waals surface area contributed by atoms with Crippen molar-refractivity contribution >= 4 is 17.9 Å². The largest absolute Gasteiger partial charge is 0.508 e. The summed E-state index contributed by atoms with van der Waals surface area (Å²) < 4.78 is 5.45. The van der Waals surface area contributed by atoms with Crippen LogP contribution in [0.4, 0.5) is 4.79 Å². The summed E-state index contributed by atoms with van der Waals surface area (Å²) in [5.74, 6) is -1.06. The van der Waals surface area contributed by atoms with E-state index in [9.17, 15) is 19.5 Å². The Kier molecular flexibility index (Phi) is 12.4. The van der Waals surface area contributed by atoms with Crippen LogP contribution in [-0.2, 0) is 14.3 Å². The Hall–Kier alpha value is -2.77. The van der Waals surface area contributed by atoms with Crippen LogP contribution in [0.3, 0.4) is 0 Å². The first-order valence-electron chi connectivity index (χ1n) is 13.6. The summed E-state index contributed by atoms with van der Waals surface area (Å²) in [5.41, 5.74) is -1.16. The van der Waals surface area contributed by atoms with Gasteiger partial charge in [0.2, 0.25) is 11.8 Å². The molecule has 3 amide bonds. The highest BCUT2D eigenvalue weighted by Crippen LogP contribution is 2.36. The average Bonchev–Trinajstić information content (AvgIpc) is 2.82. The third-order valence-electron chi connectivity index (χ3n) is 6.72. The van der Waals surface area contributed by atoms with Crippen molar-refractivity contribution in [1.29, 1.82) is 0 Å². The van der Waals surface area contributed by atoms with E-state index in [4.69, 9.17) is 4.74 Å². The number of nitrogens with zero attached hydrogens (tertiary/aromatic N) is 1. The number of phenols is 1. The van der Waals surface area contributed by atoms with Crippen LogP contribution in [0.25, 0.3) is 0 Å². The standard InChI is InChI=1S/C29H49N3O5/c1-10-13-16-19-30-25(34)24(21-17-14-15-18-22(21)33)32(29(8,9)12-3)26(35)23(20(4)11-2)31-27(36)37-28(5,6)7/h14-15,17-18,20,23-24,33H,10-13,16,19H2,1-9H3,(H,30,34)(H,31,36). The Morgan fingerprint density at radius 2 is 1.65 bits per heavy atom. The molecule has 8 nitrogen and oxygen atoms in total. The van der Waals surface area contributed by atoms with Crippen molar-refractivity contribution in [1.82, 2.24) is 15.5 Å². The van der Waals surface area contributed by atoms with E-state index >= 15 is 0 Å². The topological polar surface area (TPSA) is 108 Å². The summed E-state index contributed by atoms with van der Waals surface area (Å²) in [4.78, 5) is 42.3. The SMILES string of the molecule is CCCCCNC(=O)C(c1ccccc1O)N(C(=O)C(NC(=O)OC(C)(C)C)C(C)CC)C(C)(C)CC. The molecule has 1 aromatic rings. The van der Waals surface area contributed by atoms with E-state index in [2.05, 4.69) is 17.6 Å². The molecule has 8 heteroatoms. The Bertz CT molecular complexity index is 894. The van der Waals surface area contributed by atoms with Crippen LogP contribution >= 0.6 is 0 Å². The van der Waals surface area contributed by atoms with Gasteiger partial charge in [0.25, 0.3) is 0 Å². The smallest absolute Gasteiger partial charge is 0.408 e. The molecule has 0 bridgehead atoms. The Morgan fingerprint density at radius 3 is 2.16 bits per heavy atom. The fourth-order valence-electron chi connectivity index (χ4n) is 4.01. The highest BCUT2D eigenvalue weighted by molar-refractivity contribution is 5.93. The van der Waals surface area contributed by atoms with E-state index in [1.165, 1.54) is 11.0 Å². The molecule has 1 rings (SSSR count). The highest BCUT2D eigenvalue weighted by atomic mass is 16.6. The van der Waals surface area contributed by atoms with Gasteiger partial charge in [0, 0.05) is 17.6 Å². The molecule has 0 aliphatic heterocycles. The van der Waals surface area contributed by atoms with Crippen LogP contribution in [-0.4, -0.2) is 51.6 Å². The van der Waals surface area contributed by atoms with E-state index in [0.717, 1.165) is 19.3 Å². The number of rotatable bonds is 13. The zero-order valence-corrected chi connectivity index (χ0v) is 24.3. The molecule has 37 heavy (non-hydrogen) atoms. The second-order valence-corrected chi connectivity index (χ2v) is 11.3. The van der Waals surface area contributed by atoms with Crippen molar-refractivity contribution in [2.24, 2.45) is 5.92 Å². The van der Waals surface area contributed by atoms with Gasteiger partial charge in [-0.05, 0) is 59.4 Å². The van der Waals surface area contributed by atoms with Gasteiger partial charge in [0.15, 0.2) is 0 Å². The lowest BCUT2D eigenvalue weighted by molar-refractivity contribution is -0.150.